The molecule has 0 fully saturated rings. The van der Waals surface area contributed by atoms with Gasteiger partial charge in [-0.15, -0.1) is 4.26 Å². The van der Waals surface area contributed by atoms with Crippen molar-refractivity contribution in [3.8, 4) is 5.75 Å². The molecule has 0 spiro atoms. The monoisotopic (exact) mass is 309 g/mol. The molecule has 4 nitrogen and oxygen atoms in total. The van der Waals surface area contributed by atoms with Gasteiger partial charge in [0.2, 0.25) is 0 Å². The normalized spacial score (nSPS) is 11.5. The van der Waals surface area contributed by atoms with E-state index in [0.29, 0.717) is 17.0 Å². The van der Waals surface area contributed by atoms with Crippen LogP contribution in [0.25, 0.3) is 0 Å². The summed E-state index contributed by atoms with van der Waals surface area (Å²) in [5.41, 5.74) is 0. The smallest absolute Gasteiger partial charge is 0.182 e. The Bertz CT molecular complexity index is 412. The summed E-state index contributed by atoms with van der Waals surface area (Å²) in [6.07, 6.45) is 0. The number of benzene rings is 1. The molecule has 0 bridgehead atoms. The first-order valence-electron chi connectivity index (χ1n) is 3.74. The van der Waals surface area contributed by atoms with Gasteiger partial charge < -0.3 is 9.35 Å². The predicted molar refractivity (Wildman–Crippen MR) is 65.9 cm³/mol. The predicted octanol–water partition coefficient (Wildman–Crippen LogP) is 3.58. The number of halogens is 1. The number of nitrogens with one attached hydrogen (secondary N) is 1. The lowest BCUT2D eigenvalue weighted by Crippen LogP contribution is -1.96. The molecule has 74 valence electrons. The molecule has 0 saturated carbocycles. The van der Waals surface area contributed by atoms with E-state index >= 15 is 0 Å². The topological polar surface area (TPSA) is 42.8 Å². The Labute approximate surface area is 94.1 Å². The minimum atomic E-state index is 0.471. The fourth-order valence-electron chi connectivity index (χ4n) is 0.820. The highest BCUT2D eigenvalue weighted by atomic mass is 79.9. The summed E-state index contributed by atoms with van der Waals surface area (Å²) in [4.78, 5) is 5.57. The summed E-state index contributed by atoms with van der Waals surface area (Å²) in [6.45, 7) is 0. The third-order valence-electron chi connectivity index (χ3n) is 1.39. The van der Waals surface area contributed by atoms with E-state index in [2.05, 4.69) is 24.9 Å². The van der Waals surface area contributed by atoms with Crippen LogP contribution in [0.2, 0.25) is 0 Å². The highest BCUT2D eigenvalue weighted by molar-refractivity contribution is 9.10. The first-order chi connectivity index (χ1) is 6.84. The molecule has 1 heterocycles. The van der Waals surface area contributed by atoms with Crippen LogP contribution >= 0.6 is 41.5 Å². The van der Waals surface area contributed by atoms with E-state index in [1.54, 1.807) is 4.26 Å². The van der Waals surface area contributed by atoms with Gasteiger partial charge in [-0.2, -0.15) is 4.51 Å². The molecule has 0 aliphatic rings. The van der Waals surface area contributed by atoms with Gasteiger partial charge in [0.25, 0.3) is 0 Å². The molecule has 1 aromatic heterocycles. The molecule has 0 aliphatic carbocycles. The Hall–Kier alpha value is -0.200. The van der Waals surface area contributed by atoms with E-state index in [1.165, 1.54) is 0 Å². The van der Waals surface area contributed by atoms with Crippen LogP contribution in [-0.4, -0.2) is 13.3 Å². The van der Waals surface area contributed by atoms with Crippen LogP contribution in [0.15, 0.2) is 28.7 Å². The molecule has 1 N–H and O–H groups in total. The SMILES string of the molecule is Brc1ccc(On2pn[pH][nH][pH]2)cc1. The Morgan fingerprint density at radius 2 is 2.21 bits per heavy atom. The molecule has 0 radical (unpaired) electrons. The minimum absolute atomic E-state index is 0.471. The highest BCUT2D eigenvalue weighted by Crippen LogP contribution is 2.19. The Morgan fingerprint density at radius 1 is 1.43 bits per heavy atom. The number of nitrogens with zero attached hydrogens (tertiary/aromatic N) is 2. The second-order valence-electron chi connectivity index (χ2n) is 2.36. The fourth-order valence-corrected chi connectivity index (χ4v) is 4.13. The summed E-state index contributed by atoms with van der Waals surface area (Å²) in [7, 11) is 1.84. The average Bonchev–Trinajstić information content (AvgIpc) is 2.23. The molecule has 8 heteroatoms. The van der Waals surface area contributed by atoms with Crippen LogP contribution < -0.4 is 4.84 Å². The number of aromatic nitrogens is 3. The van der Waals surface area contributed by atoms with E-state index in [-0.39, 0.29) is 0 Å². The number of hydrogen-bond donors (Lipinski definition) is 1. The van der Waals surface area contributed by atoms with Gasteiger partial charge in [-0.25, -0.2) is 0 Å². The van der Waals surface area contributed by atoms with Crippen molar-refractivity contribution in [3.63, 3.8) is 0 Å². The van der Waals surface area contributed by atoms with Crippen molar-refractivity contribution in [1.29, 1.82) is 0 Å². The van der Waals surface area contributed by atoms with Crippen molar-refractivity contribution in [2.75, 3.05) is 0 Å². The Morgan fingerprint density at radius 3 is 2.86 bits per heavy atom. The third-order valence-corrected chi connectivity index (χ3v) is 4.66. The summed E-state index contributed by atoms with van der Waals surface area (Å²) in [6, 6.07) is 7.74. The number of aromatic amines is 1. The fraction of sp³-hybridized carbons (Fsp3) is 0. The average molecular weight is 310 g/mol. The molecule has 0 amide bonds. The molecule has 2 aromatic rings. The van der Waals surface area contributed by atoms with E-state index in [9.17, 15) is 0 Å². The quantitative estimate of drug-likeness (QED) is 0.921. The second-order valence-corrected chi connectivity index (χ2v) is 6.84. The summed E-state index contributed by atoms with van der Waals surface area (Å²) in [5, 5.41) is 0. The van der Waals surface area contributed by atoms with Gasteiger partial charge in [0.05, 0.1) is 8.51 Å². The van der Waals surface area contributed by atoms with Crippen LogP contribution in [0.4, 0.5) is 0 Å². The summed E-state index contributed by atoms with van der Waals surface area (Å²) >= 11 is 3.37. The van der Waals surface area contributed by atoms with E-state index in [4.69, 9.17) is 4.84 Å². The third kappa shape index (κ3) is 2.90. The van der Waals surface area contributed by atoms with Crippen molar-refractivity contribution >= 4 is 41.5 Å². The lowest BCUT2D eigenvalue weighted by Gasteiger charge is -2.05. The van der Waals surface area contributed by atoms with E-state index < -0.39 is 0 Å². The molecule has 0 saturated heterocycles. The minimum Gasteiger partial charge on any atom is -0.366 e. The van der Waals surface area contributed by atoms with Crippen molar-refractivity contribution in [1.82, 2.24) is 13.3 Å². The lowest BCUT2D eigenvalue weighted by atomic mass is 10.3. The number of rotatable bonds is 2. The van der Waals surface area contributed by atoms with Crippen LogP contribution in [0.5, 0.6) is 5.75 Å². The molecular weight excluding hydrogens is 303 g/mol. The summed E-state index contributed by atoms with van der Waals surface area (Å²) < 4.78 is 10.1. The molecule has 2 atom stereocenters. The highest BCUT2D eigenvalue weighted by Gasteiger charge is 1.94. The van der Waals surface area contributed by atoms with Gasteiger partial charge in [0.15, 0.2) is 14.3 Å². The Kier molecular flexibility index (Phi) is 3.72. The maximum atomic E-state index is 5.57. The van der Waals surface area contributed by atoms with Gasteiger partial charge >= 0.3 is 0 Å². The van der Waals surface area contributed by atoms with Crippen LogP contribution in [0.1, 0.15) is 0 Å². The molecule has 0 aliphatic heterocycles. The van der Waals surface area contributed by atoms with Crippen LogP contribution in [-0.2, 0) is 0 Å². The zero-order chi connectivity index (χ0) is 9.80. The lowest BCUT2D eigenvalue weighted by molar-refractivity contribution is 0.277. The van der Waals surface area contributed by atoms with Gasteiger partial charge in [-0.05, 0) is 24.3 Å². The molecule has 14 heavy (non-hydrogen) atoms. The maximum absolute atomic E-state index is 5.57. The molecule has 2 rings (SSSR count). The van der Waals surface area contributed by atoms with E-state index in [0.717, 1.165) is 18.7 Å². The number of hydrogen-bond acceptors (Lipinski definition) is 2. The van der Waals surface area contributed by atoms with Crippen LogP contribution in [0.3, 0.4) is 0 Å². The Balaban J connectivity index is 2.16. The van der Waals surface area contributed by atoms with E-state index in [1.807, 2.05) is 24.3 Å². The first-order valence-corrected chi connectivity index (χ1v) is 7.23. The maximum Gasteiger partial charge on any atom is 0.182 e. The number of H-pyrrole nitrogens is 1. The summed E-state index contributed by atoms with van der Waals surface area (Å²) in [5.74, 6) is 0.829. The zero-order valence-electron chi connectivity index (χ0n) is 6.94. The molecular formula is C6H7BrN3OP3. The molecule has 2 unspecified atom stereocenters. The standard InChI is InChI=1S/C6H7BrN3OP3/c7-5-1-3-6(4-2-5)11-10-13-8-12-9-14-10/h1-4,8,12-13H. The van der Waals surface area contributed by atoms with Crippen molar-refractivity contribution in [2.24, 2.45) is 0 Å². The van der Waals surface area contributed by atoms with Gasteiger partial charge in [-0.3, -0.25) is 0 Å². The van der Waals surface area contributed by atoms with Gasteiger partial charge in [0.1, 0.15) is 0 Å². The zero-order valence-corrected chi connectivity index (χ0v) is 11.4. The largest absolute Gasteiger partial charge is 0.366 e. The van der Waals surface area contributed by atoms with Gasteiger partial charge in [-0.1, -0.05) is 15.9 Å². The van der Waals surface area contributed by atoms with Crippen molar-refractivity contribution in [2.45, 2.75) is 0 Å². The van der Waals surface area contributed by atoms with Gasteiger partial charge in [0, 0.05) is 13.0 Å². The first kappa shape index (κ1) is 10.3. The van der Waals surface area contributed by atoms with Crippen molar-refractivity contribution < 1.29 is 4.84 Å². The molecule has 1 aromatic carbocycles. The van der Waals surface area contributed by atoms with Crippen LogP contribution in [0, 0.1) is 0 Å². The van der Waals surface area contributed by atoms with Crippen molar-refractivity contribution in [3.05, 3.63) is 28.7 Å². The second kappa shape index (κ2) is 5.04.